The van der Waals surface area contributed by atoms with Crippen LogP contribution < -0.4 is 0 Å². The number of rotatable bonds is 3. The van der Waals surface area contributed by atoms with Crippen LogP contribution in [0.5, 0.6) is 0 Å². The molecule has 1 aliphatic rings. The van der Waals surface area contributed by atoms with Crippen LogP contribution in [-0.4, -0.2) is 20.7 Å². The van der Waals surface area contributed by atoms with Crippen molar-refractivity contribution in [1.82, 2.24) is 15.0 Å². The van der Waals surface area contributed by atoms with Crippen molar-refractivity contribution >= 4 is 5.71 Å². The molecule has 4 nitrogen and oxygen atoms in total. The predicted molar refractivity (Wildman–Crippen MR) is 91.0 cm³/mol. The fraction of sp³-hybridized carbons (Fsp3) is 0.211. The van der Waals surface area contributed by atoms with Crippen LogP contribution >= 0.6 is 0 Å². The Morgan fingerprint density at radius 1 is 0.870 bits per heavy atom. The van der Waals surface area contributed by atoms with Gasteiger partial charge in [0.1, 0.15) is 5.69 Å². The van der Waals surface area contributed by atoms with Gasteiger partial charge in [-0.15, -0.1) is 5.10 Å². The first-order chi connectivity index (χ1) is 11.4. The molecule has 0 fully saturated rings. The Kier molecular flexibility index (Phi) is 3.72. The van der Waals surface area contributed by atoms with Gasteiger partial charge in [0.15, 0.2) is 0 Å². The highest BCUT2D eigenvalue weighted by Gasteiger charge is 2.21. The maximum atomic E-state index is 4.80. The van der Waals surface area contributed by atoms with Gasteiger partial charge in [0.05, 0.1) is 23.6 Å². The van der Waals surface area contributed by atoms with Crippen LogP contribution in [0.25, 0.3) is 5.69 Å². The van der Waals surface area contributed by atoms with Crippen molar-refractivity contribution in [3.8, 4) is 5.69 Å². The van der Waals surface area contributed by atoms with Gasteiger partial charge >= 0.3 is 0 Å². The van der Waals surface area contributed by atoms with E-state index in [1.165, 1.54) is 5.56 Å². The Morgan fingerprint density at radius 3 is 2.39 bits per heavy atom. The van der Waals surface area contributed by atoms with Crippen LogP contribution in [0.1, 0.15) is 29.8 Å². The zero-order valence-corrected chi connectivity index (χ0v) is 12.9. The van der Waals surface area contributed by atoms with Crippen LogP contribution in [0.4, 0.5) is 0 Å². The van der Waals surface area contributed by atoms with Crippen molar-refractivity contribution in [3.63, 3.8) is 0 Å². The van der Waals surface area contributed by atoms with Crippen molar-refractivity contribution in [3.05, 3.63) is 77.6 Å². The van der Waals surface area contributed by atoms with E-state index < -0.39 is 0 Å². The minimum absolute atomic E-state index is 0.702. The van der Waals surface area contributed by atoms with E-state index in [9.17, 15) is 0 Å². The van der Waals surface area contributed by atoms with Gasteiger partial charge in [-0.1, -0.05) is 48.5 Å². The molecule has 1 heterocycles. The molecule has 3 aromatic rings. The van der Waals surface area contributed by atoms with Crippen molar-refractivity contribution < 1.29 is 0 Å². The van der Waals surface area contributed by atoms with E-state index in [2.05, 4.69) is 22.3 Å². The molecule has 1 aliphatic carbocycles. The molecular weight excluding hydrogens is 284 g/mol. The summed E-state index contributed by atoms with van der Waals surface area (Å²) in [6.45, 7) is 0.702. The van der Waals surface area contributed by atoms with Gasteiger partial charge in [0, 0.05) is 0 Å². The average molecular weight is 302 g/mol. The highest BCUT2D eigenvalue weighted by Crippen LogP contribution is 2.20. The lowest BCUT2D eigenvalue weighted by Gasteiger charge is -2.10. The highest BCUT2D eigenvalue weighted by molar-refractivity contribution is 6.00. The molecule has 114 valence electrons. The van der Waals surface area contributed by atoms with Crippen molar-refractivity contribution in [2.24, 2.45) is 4.99 Å². The fourth-order valence-electron chi connectivity index (χ4n) is 2.87. The maximum Gasteiger partial charge on any atom is 0.130 e. The first-order valence-electron chi connectivity index (χ1n) is 7.99. The second kappa shape index (κ2) is 6.16. The van der Waals surface area contributed by atoms with Gasteiger partial charge in [-0.2, -0.15) is 9.90 Å². The van der Waals surface area contributed by atoms with E-state index in [-0.39, 0.29) is 0 Å². The van der Waals surface area contributed by atoms with Crippen LogP contribution in [0, 0.1) is 0 Å². The molecule has 0 unspecified atom stereocenters. The summed E-state index contributed by atoms with van der Waals surface area (Å²) >= 11 is 0. The summed E-state index contributed by atoms with van der Waals surface area (Å²) in [5.41, 5.74) is 5.33. The second-order valence-electron chi connectivity index (χ2n) is 5.72. The lowest BCUT2D eigenvalue weighted by Crippen LogP contribution is -2.12. The van der Waals surface area contributed by atoms with Gasteiger partial charge in [-0.3, -0.25) is 4.99 Å². The average Bonchev–Trinajstić information content (AvgIpc) is 3.06. The molecule has 0 bridgehead atoms. The van der Waals surface area contributed by atoms with E-state index >= 15 is 0 Å². The van der Waals surface area contributed by atoms with E-state index in [0.29, 0.717) is 6.54 Å². The van der Waals surface area contributed by atoms with E-state index in [1.807, 2.05) is 48.5 Å². The Bertz CT molecular complexity index is 819. The number of aliphatic imine (C=N–C) groups is 1. The molecular formula is C19H18N4. The van der Waals surface area contributed by atoms with Crippen molar-refractivity contribution in [1.29, 1.82) is 0 Å². The van der Waals surface area contributed by atoms with Gasteiger partial charge in [0.25, 0.3) is 0 Å². The molecule has 0 aliphatic heterocycles. The van der Waals surface area contributed by atoms with E-state index in [0.717, 1.165) is 42.0 Å². The first-order valence-corrected chi connectivity index (χ1v) is 7.99. The Morgan fingerprint density at radius 2 is 1.61 bits per heavy atom. The van der Waals surface area contributed by atoms with Crippen molar-refractivity contribution in [2.45, 2.75) is 25.8 Å². The molecule has 0 radical (unpaired) electrons. The molecule has 0 spiro atoms. The molecule has 0 atom stereocenters. The second-order valence-corrected chi connectivity index (χ2v) is 5.72. The Hall–Kier alpha value is -2.75. The molecule has 23 heavy (non-hydrogen) atoms. The summed E-state index contributed by atoms with van der Waals surface area (Å²) < 4.78 is 0. The molecule has 0 saturated heterocycles. The van der Waals surface area contributed by atoms with Crippen LogP contribution in [0.15, 0.2) is 65.7 Å². The largest absolute Gasteiger partial charge is 0.283 e. The third-order valence-corrected chi connectivity index (χ3v) is 4.07. The van der Waals surface area contributed by atoms with E-state index in [4.69, 9.17) is 4.99 Å². The number of aromatic nitrogens is 3. The normalized spacial score (nSPS) is 15.6. The SMILES string of the molecule is c1ccc(CN=C2CCCc3nn(-c4ccccc4)nc32)cc1. The van der Waals surface area contributed by atoms with E-state index in [1.54, 1.807) is 4.80 Å². The molecule has 0 amide bonds. The summed E-state index contributed by atoms with van der Waals surface area (Å²) in [7, 11) is 0. The quantitative estimate of drug-likeness (QED) is 0.742. The summed E-state index contributed by atoms with van der Waals surface area (Å²) in [4.78, 5) is 6.53. The maximum absolute atomic E-state index is 4.80. The number of aryl methyl sites for hydroxylation is 1. The van der Waals surface area contributed by atoms with Crippen LogP contribution in [0.3, 0.4) is 0 Å². The number of nitrogens with zero attached hydrogens (tertiary/aromatic N) is 4. The Balaban J connectivity index is 1.64. The van der Waals surface area contributed by atoms with Crippen LogP contribution in [-0.2, 0) is 13.0 Å². The minimum Gasteiger partial charge on any atom is -0.283 e. The molecule has 0 N–H and O–H groups in total. The molecule has 0 saturated carbocycles. The standard InChI is InChI=1S/C19H18N4/c1-3-8-15(9-4-1)14-20-17-12-7-13-18-19(17)22-23(21-18)16-10-5-2-6-11-16/h1-6,8-11H,7,12-14H2. The number of benzene rings is 2. The smallest absolute Gasteiger partial charge is 0.130 e. The lowest BCUT2D eigenvalue weighted by molar-refractivity contribution is 0.731. The molecule has 1 aromatic heterocycles. The number of para-hydroxylation sites is 1. The summed E-state index contributed by atoms with van der Waals surface area (Å²) in [5, 5.41) is 9.34. The third kappa shape index (κ3) is 2.93. The summed E-state index contributed by atoms with van der Waals surface area (Å²) in [5.74, 6) is 0. The molecule has 2 aromatic carbocycles. The summed E-state index contributed by atoms with van der Waals surface area (Å²) in [6, 6.07) is 20.4. The minimum atomic E-state index is 0.702. The third-order valence-electron chi connectivity index (χ3n) is 4.07. The van der Waals surface area contributed by atoms with Gasteiger partial charge in [-0.05, 0) is 37.0 Å². The fourth-order valence-corrected chi connectivity index (χ4v) is 2.87. The zero-order chi connectivity index (χ0) is 15.5. The molecule has 4 heteroatoms. The predicted octanol–water partition coefficient (Wildman–Crippen LogP) is 3.59. The monoisotopic (exact) mass is 302 g/mol. The zero-order valence-electron chi connectivity index (χ0n) is 12.9. The topological polar surface area (TPSA) is 43.1 Å². The first kappa shape index (κ1) is 13.9. The van der Waals surface area contributed by atoms with Crippen LogP contribution in [0.2, 0.25) is 0 Å². The summed E-state index contributed by atoms with van der Waals surface area (Å²) in [6.07, 6.45) is 3.05. The Labute approximate surface area is 135 Å². The van der Waals surface area contributed by atoms with Crippen molar-refractivity contribution in [2.75, 3.05) is 0 Å². The number of hydrogen-bond donors (Lipinski definition) is 0. The number of fused-ring (bicyclic) bond motifs is 1. The number of hydrogen-bond acceptors (Lipinski definition) is 3. The lowest BCUT2D eigenvalue weighted by atomic mass is 9.99. The van der Waals surface area contributed by atoms with Gasteiger partial charge in [-0.25, -0.2) is 0 Å². The molecule has 4 rings (SSSR count). The van der Waals surface area contributed by atoms with Gasteiger partial charge in [0.2, 0.25) is 0 Å². The van der Waals surface area contributed by atoms with Gasteiger partial charge < -0.3 is 0 Å². The highest BCUT2D eigenvalue weighted by atomic mass is 15.5.